The summed E-state index contributed by atoms with van der Waals surface area (Å²) in [4.78, 5) is 24.9. The van der Waals surface area contributed by atoms with E-state index in [1.54, 1.807) is 15.2 Å². The molecule has 152 valence electrons. The molecule has 29 heavy (non-hydrogen) atoms. The largest absolute Gasteiger partial charge is 0.478 e. The Labute approximate surface area is 171 Å². The van der Waals surface area contributed by atoms with Gasteiger partial charge in [0.2, 0.25) is 0 Å². The zero-order chi connectivity index (χ0) is 21.1. The highest BCUT2D eigenvalue weighted by molar-refractivity contribution is 5.96. The third-order valence-electron chi connectivity index (χ3n) is 5.45. The van der Waals surface area contributed by atoms with Crippen LogP contribution in [0.1, 0.15) is 67.7 Å². The number of carbonyl (C=O) groups is 1. The van der Waals surface area contributed by atoms with Gasteiger partial charge in [0.05, 0.1) is 12.1 Å². The Kier molecular flexibility index (Phi) is 6.06. The highest BCUT2D eigenvalue weighted by Crippen LogP contribution is 2.26. The lowest BCUT2D eigenvalue weighted by atomic mass is 9.97. The lowest BCUT2D eigenvalue weighted by molar-refractivity contribution is 0.0697. The van der Waals surface area contributed by atoms with Crippen LogP contribution in [-0.2, 0) is 6.54 Å². The molecule has 1 unspecified atom stereocenters. The molecule has 1 aromatic heterocycles. The summed E-state index contributed by atoms with van der Waals surface area (Å²) in [6, 6.07) is 15.0. The molecule has 0 aliphatic carbocycles. The molecule has 0 spiro atoms. The molecule has 0 saturated heterocycles. The van der Waals surface area contributed by atoms with Crippen LogP contribution in [-0.4, -0.2) is 20.2 Å². The fourth-order valence-electron chi connectivity index (χ4n) is 3.57. The number of hydrogen-bond acceptors (Lipinski definition) is 2. The first-order valence-corrected chi connectivity index (χ1v) is 10.1. The molecule has 5 heteroatoms. The minimum atomic E-state index is -0.972. The van der Waals surface area contributed by atoms with Gasteiger partial charge in [0.25, 0.3) is 0 Å². The molecule has 1 N–H and O–H groups in total. The van der Waals surface area contributed by atoms with Crippen molar-refractivity contribution in [2.75, 3.05) is 0 Å². The smallest absolute Gasteiger partial charge is 0.336 e. The molecule has 0 saturated carbocycles. The van der Waals surface area contributed by atoms with Crippen molar-refractivity contribution in [3.8, 4) is 11.1 Å². The Bertz CT molecular complexity index is 1060. The van der Waals surface area contributed by atoms with Gasteiger partial charge in [0.15, 0.2) is 0 Å². The lowest BCUT2D eigenvalue weighted by Crippen LogP contribution is -2.27. The van der Waals surface area contributed by atoms with Crippen molar-refractivity contribution >= 4 is 5.97 Å². The maximum Gasteiger partial charge on any atom is 0.336 e. The summed E-state index contributed by atoms with van der Waals surface area (Å²) < 4.78 is 3.52. The van der Waals surface area contributed by atoms with Gasteiger partial charge in [-0.05, 0) is 48.9 Å². The number of hydrogen-bond donors (Lipinski definition) is 1. The molecule has 1 heterocycles. The van der Waals surface area contributed by atoms with Gasteiger partial charge in [-0.3, -0.25) is 9.13 Å². The second kappa shape index (κ2) is 8.52. The SMILES string of the molecule is CCC(C)c1cn(C(C)C)c(=O)n1Cc1ccc(-c2ccccc2)c(C(=O)O)c1. The van der Waals surface area contributed by atoms with E-state index in [4.69, 9.17) is 0 Å². The van der Waals surface area contributed by atoms with Crippen LogP contribution >= 0.6 is 0 Å². The van der Waals surface area contributed by atoms with Crippen molar-refractivity contribution in [2.45, 2.75) is 52.6 Å². The van der Waals surface area contributed by atoms with Crippen molar-refractivity contribution in [2.24, 2.45) is 0 Å². The molecule has 2 aromatic carbocycles. The molecular formula is C24H28N2O3. The highest BCUT2D eigenvalue weighted by Gasteiger charge is 2.19. The van der Waals surface area contributed by atoms with Gasteiger partial charge >= 0.3 is 11.7 Å². The molecule has 3 rings (SSSR count). The van der Waals surface area contributed by atoms with Crippen LogP contribution in [0.4, 0.5) is 0 Å². The summed E-state index contributed by atoms with van der Waals surface area (Å²) in [5.74, 6) is -0.731. The number of carboxylic acid groups (broad SMARTS) is 1. The Morgan fingerprint density at radius 1 is 1.07 bits per heavy atom. The van der Waals surface area contributed by atoms with Crippen molar-refractivity contribution in [3.05, 3.63) is 82.0 Å². The summed E-state index contributed by atoms with van der Waals surface area (Å²) in [7, 11) is 0. The van der Waals surface area contributed by atoms with Crippen LogP contribution in [0.25, 0.3) is 11.1 Å². The fourth-order valence-corrected chi connectivity index (χ4v) is 3.57. The van der Waals surface area contributed by atoms with E-state index >= 15 is 0 Å². The standard InChI is InChI=1S/C24H28N2O3/c1-5-17(4)22-15-25(16(2)3)24(29)26(22)14-18-11-12-20(21(13-18)23(27)28)19-9-7-6-8-10-19/h6-13,15-17H,5,14H2,1-4H3,(H,27,28). The number of nitrogens with zero attached hydrogens (tertiary/aromatic N) is 2. The van der Waals surface area contributed by atoms with Crippen molar-refractivity contribution in [1.29, 1.82) is 0 Å². The van der Waals surface area contributed by atoms with E-state index in [1.807, 2.05) is 62.5 Å². The summed E-state index contributed by atoms with van der Waals surface area (Å²) in [6.07, 6.45) is 2.87. The van der Waals surface area contributed by atoms with Crippen LogP contribution in [0.5, 0.6) is 0 Å². The third-order valence-corrected chi connectivity index (χ3v) is 5.45. The van der Waals surface area contributed by atoms with E-state index in [9.17, 15) is 14.7 Å². The lowest BCUT2D eigenvalue weighted by Gasteiger charge is -2.14. The van der Waals surface area contributed by atoms with Crippen molar-refractivity contribution in [1.82, 2.24) is 9.13 Å². The number of benzene rings is 2. The summed E-state index contributed by atoms with van der Waals surface area (Å²) in [5.41, 5.74) is 3.51. The molecule has 5 nitrogen and oxygen atoms in total. The first kappa shape index (κ1) is 20.6. The summed E-state index contributed by atoms with van der Waals surface area (Å²) in [6.45, 7) is 8.54. The minimum absolute atomic E-state index is 0.0562. The molecule has 1 atom stereocenters. The monoisotopic (exact) mass is 392 g/mol. The maximum atomic E-state index is 13.0. The third kappa shape index (κ3) is 4.19. The predicted octanol–water partition coefficient (Wildman–Crippen LogP) is 5.16. The Morgan fingerprint density at radius 2 is 1.76 bits per heavy atom. The molecule has 3 aromatic rings. The number of rotatable bonds is 7. The quantitative estimate of drug-likeness (QED) is 0.604. The average molecular weight is 392 g/mol. The zero-order valence-electron chi connectivity index (χ0n) is 17.4. The zero-order valence-corrected chi connectivity index (χ0v) is 17.4. The van der Waals surface area contributed by atoms with Crippen LogP contribution < -0.4 is 5.69 Å². The van der Waals surface area contributed by atoms with Crippen molar-refractivity contribution < 1.29 is 9.90 Å². The summed E-state index contributed by atoms with van der Waals surface area (Å²) >= 11 is 0. The van der Waals surface area contributed by atoms with E-state index in [1.165, 1.54) is 0 Å². The van der Waals surface area contributed by atoms with E-state index in [0.29, 0.717) is 12.1 Å². The maximum absolute atomic E-state index is 13.0. The Hall–Kier alpha value is -3.08. The van der Waals surface area contributed by atoms with Crippen LogP contribution in [0.15, 0.2) is 59.5 Å². The van der Waals surface area contributed by atoms with Gasteiger partial charge in [0, 0.05) is 17.9 Å². The minimum Gasteiger partial charge on any atom is -0.478 e. The van der Waals surface area contributed by atoms with Crippen LogP contribution in [0.3, 0.4) is 0 Å². The first-order valence-electron chi connectivity index (χ1n) is 10.1. The predicted molar refractivity (Wildman–Crippen MR) is 116 cm³/mol. The number of imidazole rings is 1. The highest BCUT2D eigenvalue weighted by atomic mass is 16.4. The molecule has 0 aliphatic heterocycles. The second-order valence-corrected chi connectivity index (χ2v) is 7.78. The van der Waals surface area contributed by atoms with Crippen LogP contribution in [0, 0.1) is 0 Å². The fraction of sp³-hybridized carbons (Fsp3) is 0.333. The molecule has 0 bridgehead atoms. The van der Waals surface area contributed by atoms with Gasteiger partial charge in [-0.15, -0.1) is 0 Å². The second-order valence-electron chi connectivity index (χ2n) is 7.78. The molecule has 0 radical (unpaired) electrons. The van der Waals surface area contributed by atoms with Gasteiger partial charge in [0.1, 0.15) is 0 Å². The van der Waals surface area contributed by atoms with E-state index < -0.39 is 5.97 Å². The van der Waals surface area contributed by atoms with Gasteiger partial charge < -0.3 is 5.11 Å². The van der Waals surface area contributed by atoms with Crippen molar-refractivity contribution in [3.63, 3.8) is 0 Å². The molecule has 0 fully saturated rings. The van der Waals surface area contributed by atoms with E-state index in [-0.39, 0.29) is 23.2 Å². The summed E-state index contributed by atoms with van der Waals surface area (Å²) in [5, 5.41) is 9.76. The van der Waals surface area contributed by atoms with E-state index in [0.717, 1.165) is 23.2 Å². The Morgan fingerprint density at radius 3 is 2.34 bits per heavy atom. The van der Waals surface area contributed by atoms with E-state index in [2.05, 4.69) is 13.8 Å². The van der Waals surface area contributed by atoms with Crippen LogP contribution in [0.2, 0.25) is 0 Å². The topological polar surface area (TPSA) is 64.2 Å². The molecule has 0 amide bonds. The number of aromatic carboxylic acids is 1. The average Bonchev–Trinajstić information content (AvgIpc) is 3.04. The Balaban J connectivity index is 2.06. The van der Waals surface area contributed by atoms with Gasteiger partial charge in [-0.1, -0.05) is 56.3 Å². The number of carboxylic acids is 1. The van der Waals surface area contributed by atoms with Gasteiger partial charge in [-0.25, -0.2) is 9.59 Å². The number of aromatic nitrogens is 2. The molecule has 0 aliphatic rings. The van der Waals surface area contributed by atoms with Gasteiger partial charge in [-0.2, -0.15) is 0 Å². The first-order chi connectivity index (χ1) is 13.8. The molecular weight excluding hydrogens is 364 g/mol. The normalized spacial score (nSPS) is 12.3.